The van der Waals surface area contributed by atoms with E-state index in [1.807, 2.05) is 31.1 Å². The Balaban J connectivity index is 2.84. The summed E-state index contributed by atoms with van der Waals surface area (Å²) in [6.45, 7) is 0.0456. The van der Waals surface area contributed by atoms with Crippen molar-refractivity contribution in [1.82, 2.24) is 4.90 Å². The van der Waals surface area contributed by atoms with Crippen molar-refractivity contribution in [3.63, 3.8) is 0 Å². The van der Waals surface area contributed by atoms with Crippen molar-refractivity contribution in [2.75, 3.05) is 31.6 Å². The second-order valence-electron chi connectivity index (χ2n) is 5.00. The summed E-state index contributed by atoms with van der Waals surface area (Å²) in [5.41, 5.74) is 1.66. The normalized spacial score (nSPS) is 12.7. The molecule has 0 aliphatic rings. The van der Waals surface area contributed by atoms with Crippen LogP contribution in [0.15, 0.2) is 24.3 Å². The van der Waals surface area contributed by atoms with Gasteiger partial charge in [0.2, 0.25) is 0 Å². The number of hydrogen-bond donors (Lipinski definition) is 4. The smallest absolute Gasteiger partial charge is 0.339 e. The number of benzene rings is 1. The van der Waals surface area contributed by atoms with Crippen LogP contribution in [0.3, 0.4) is 0 Å². The summed E-state index contributed by atoms with van der Waals surface area (Å²) in [6.07, 6.45) is -1.40. The van der Waals surface area contributed by atoms with Crippen LogP contribution in [0, 0.1) is 0 Å². The third-order valence-electron chi connectivity index (χ3n) is 2.63. The van der Waals surface area contributed by atoms with Gasteiger partial charge in [-0.1, -0.05) is 12.1 Å². The molecule has 0 heterocycles. The second kappa shape index (κ2) is 7.03. The predicted molar refractivity (Wildman–Crippen MR) is 80.1 cm³/mol. The molecule has 0 bridgehead atoms. The highest BCUT2D eigenvalue weighted by molar-refractivity contribution is 7.52. The van der Waals surface area contributed by atoms with Gasteiger partial charge < -0.3 is 24.5 Å². The molecule has 4 N–H and O–H groups in total. The quantitative estimate of drug-likeness (QED) is 0.539. The van der Waals surface area contributed by atoms with Crippen LogP contribution in [0.4, 0.5) is 5.69 Å². The molecule has 21 heavy (non-hydrogen) atoms. The topological polar surface area (TPSA) is 122 Å². The molecular formula is C11H20N2O6P2. The standard InChI is InChI=1S/C11H20N2O6P2/c1-12(2)11-5-3-10(4-6-11)7-13(8-20(14,15)16)9-21(17,18)19/h3-6H,7-9H2,1-2H3,(H2,14,15,16)(H2,17,18,19). The van der Waals surface area contributed by atoms with E-state index in [1.165, 1.54) is 0 Å². The van der Waals surface area contributed by atoms with Crippen molar-refractivity contribution >= 4 is 20.9 Å². The summed E-state index contributed by atoms with van der Waals surface area (Å²) in [7, 11) is -5.04. The van der Waals surface area contributed by atoms with Crippen LogP contribution in [0.25, 0.3) is 0 Å². The first-order chi connectivity index (χ1) is 9.46. The zero-order valence-electron chi connectivity index (χ0n) is 11.8. The lowest BCUT2D eigenvalue weighted by molar-refractivity contribution is 0.273. The van der Waals surface area contributed by atoms with E-state index in [2.05, 4.69) is 0 Å². The maximum Gasteiger partial charge on any atom is 0.339 e. The first kappa shape index (κ1) is 18.3. The van der Waals surface area contributed by atoms with Crippen LogP contribution in [0.5, 0.6) is 0 Å². The third kappa shape index (κ3) is 7.74. The molecule has 0 amide bonds. The molecule has 10 heteroatoms. The van der Waals surface area contributed by atoms with E-state index in [-0.39, 0.29) is 6.54 Å². The van der Waals surface area contributed by atoms with Gasteiger partial charge in [0.25, 0.3) is 0 Å². The molecule has 1 rings (SSSR count). The molecule has 0 unspecified atom stereocenters. The van der Waals surface area contributed by atoms with Gasteiger partial charge in [-0.25, -0.2) is 0 Å². The summed E-state index contributed by atoms with van der Waals surface area (Å²) < 4.78 is 22.1. The van der Waals surface area contributed by atoms with E-state index < -0.39 is 27.8 Å². The molecule has 0 fully saturated rings. The highest BCUT2D eigenvalue weighted by atomic mass is 31.2. The maximum absolute atomic E-state index is 11.1. The number of anilines is 1. The van der Waals surface area contributed by atoms with Crippen molar-refractivity contribution in [3.05, 3.63) is 29.8 Å². The van der Waals surface area contributed by atoms with Gasteiger partial charge in [0.05, 0.1) is 0 Å². The van der Waals surface area contributed by atoms with Gasteiger partial charge in [-0.05, 0) is 17.7 Å². The Labute approximate surface area is 123 Å². The highest BCUT2D eigenvalue weighted by Crippen LogP contribution is 2.41. The second-order valence-corrected chi connectivity index (χ2v) is 8.23. The summed E-state index contributed by atoms with van der Waals surface area (Å²) in [5.74, 6) is 0. The number of nitrogens with zero attached hydrogens (tertiary/aromatic N) is 2. The summed E-state index contributed by atoms with van der Waals surface area (Å²) in [6, 6.07) is 7.15. The molecule has 0 aromatic heterocycles. The van der Waals surface area contributed by atoms with Crippen molar-refractivity contribution in [3.8, 4) is 0 Å². The number of rotatable bonds is 7. The molecule has 0 radical (unpaired) electrons. The van der Waals surface area contributed by atoms with Gasteiger partial charge in [0, 0.05) is 26.3 Å². The summed E-state index contributed by atoms with van der Waals surface area (Å²) in [4.78, 5) is 38.9. The minimum atomic E-state index is -4.40. The SMILES string of the molecule is CN(C)c1ccc(CN(CP(=O)(O)O)CP(=O)(O)O)cc1. The Bertz CT molecular complexity index is 526. The summed E-state index contributed by atoms with van der Waals surface area (Å²) >= 11 is 0. The molecule has 0 atom stereocenters. The average Bonchev–Trinajstić information content (AvgIpc) is 2.24. The third-order valence-corrected chi connectivity index (χ3v) is 4.16. The van der Waals surface area contributed by atoms with Crippen LogP contribution < -0.4 is 4.90 Å². The fourth-order valence-corrected chi connectivity index (χ4v) is 3.42. The van der Waals surface area contributed by atoms with Gasteiger partial charge in [0.1, 0.15) is 12.6 Å². The van der Waals surface area contributed by atoms with E-state index >= 15 is 0 Å². The van der Waals surface area contributed by atoms with Crippen molar-refractivity contribution in [1.29, 1.82) is 0 Å². The van der Waals surface area contributed by atoms with Crippen LogP contribution in [-0.2, 0) is 15.7 Å². The molecule has 0 aliphatic carbocycles. The van der Waals surface area contributed by atoms with Crippen LogP contribution in [0.2, 0.25) is 0 Å². The highest BCUT2D eigenvalue weighted by Gasteiger charge is 2.25. The molecule has 120 valence electrons. The Kier molecular flexibility index (Phi) is 6.13. The maximum atomic E-state index is 11.1. The zero-order chi connectivity index (χ0) is 16.3. The first-order valence-electron chi connectivity index (χ1n) is 6.04. The van der Waals surface area contributed by atoms with Gasteiger partial charge in [0.15, 0.2) is 0 Å². The predicted octanol–water partition coefficient (Wildman–Crippen LogP) is 0.825. The van der Waals surface area contributed by atoms with Gasteiger partial charge >= 0.3 is 15.2 Å². The largest absolute Gasteiger partial charge is 0.378 e. The monoisotopic (exact) mass is 338 g/mol. The minimum absolute atomic E-state index is 0.0456. The van der Waals surface area contributed by atoms with E-state index in [0.717, 1.165) is 10.6 Å². The average molecular weight is 338 g/mol. The Hall–Kier alpha value is -0.720. The van der Waals surface area contributed by atoms with E-state index in [9.17, 15) is 9.13 Å². The van der Waals surface area contributed by atoms with Crippen molar-refractivity contribution in [2.24, 2.45) is 0 Å². The van der Waals surface area contributed by atoms with Crippen molar-refractivity contribution < 1.29 is 28.7 Å². The van der Waals surface area contributed by atoms with Crippen LogP contribution in [-0.4, -0.2) is 51.1 Å². The Morgan fingerprint density at radius 2 is 1.33 bits per heavy atom. The molecule has 1 aromatic carbocycles. The lowest BCUT2D eigenvalue weighted by Gasteiger charge is -2.23. The lowest BCUT2D eigenvalue weighted by Crippen LogP contribution is -2.25. The fourth-order valence-electron chi connectivity index (χ4n) is 1.82. The van der Waals surface area contributed by atoms with Crippen molar-refractivity contribution in [2.45, 2.75) is 6.54 Å². The Morgan fingerprint density at radius 1 is 0.905 bits per heavy atom. The molecule has 0 saturated heterocycles. The van der Waals surface area contributed by atoms with Crippen LogP contribution in [0.1, 0.15) is 5.56 Å². The van der Waals surface area contributed by atoms with Crippen LogP contribution >= 0.6 is 15.2 Å². The number of hydrogen-bond acceptors (Lipinski definition) is 4. The van der Waals surface area contributed by atoms with E-state index in [4.69, 9.17) is 19.6 Å². The Morgan fingerprint density at radius 3 is 1.67 bits per heavy atom. The van der Waals surface area contributed by atoms with E-state index in [0.29, 0.717) is 5.56 Å². The van der Waals surface area contributed by atoms with Gasteiger partial charge in [-0.2, -0.15) is 0 Å². The fraction of sp³-hybridized carbons (Fsp3) is 0.455. The van der Waals surface area contributed by atoms with Gasteiger partial charge in [-0.3, -0.25) is 14.0 Å². The lowest BCUT2D eigenvalue weighted by atomic mass is 10.2. The molecule has 0 aliphatic heterocycles. The molecule has 0 spiro atoms. The molecule has 1 aromatic rings. The van der Waals surface area contributed by atoms with E-state index in [1.54, 1.807) is 12.1 Å². The molecule has 0 saturated carbocycles. The molecular weight excluding hydrogens is 318 g/mol. The summed E-state index contributed by atoms with van der Waals surface area (Å²) in [5, 5.41) is 0. The molecule has 8 nitrogen and oxygen atoms in total. The first-order valence-corrected chi connectivity index (χ1v) is 9.63. The zero-order valence-corrected chi connectivity index (χ0v) is 13.6. The minimum Gasteiger partial charge on any atom is -0.378 e. The van der Waals surface area contributed by atoms with Gasteiger partial charge in [-0.15, -0.1) is 0 Å².